The molecule has 10 atom stereocenters. The van der Waals surface area contributed by atoms with E-state index in [4.69, 9.17) is 4.18 Å². The Hall–Kier alpha value is -0.860. The van der Waals surface area contributed by atoms with Crippen LogP contribution >= 0.6 is 0 Å². The molecule has 0 aromatic carbocycles. The molecule has 3 fully saturated rings. The summed E-state index contributed by atoms with van der Waals surface area (Å²) in [7, 11) is -9.89. The molecule has 39 heavy (non-hydrogen) atoms. The van der Waals surface area contributed by atoms with Crippen molar-refractivity contribution in [3.63, 3.8) is 0 Å². The average Bonchev–Trinajstić information content (AvgIpc) is 3.14. The van der Waals surface area contributed by atoms with Crippen LogP contribution in [0, 0.1) is 40.4 Å². The van der Waals surface area contributed by atoms with Gasteiger partial charge in [-0.05, 0) is 111 Å². The summed E-state index contributed by atoms with van der Waals surface area (Å²) in [5.41, 5.74) is 1.16. The van der Waals surface area contributed by atoms with E-state index in [1.807, 2.05) is 26.8 Å². The summed E-state index contributed by atoms with van der Waals surface area (Å²) in [6.07, 6.45) is 5.78. The van der Waals surface area contributed by atoms with Gasteiger partial charge in [-0.25, -0.2) is 16.8 Å². The van der Waals surface area contributed by atoms with Crippen molar-refractivity contribution in [3.05, 3.63) is 23.3 Å². The number of hydrogen-bond acceptors (Lipinski definition) is 10. The predicted octanol–water partition coefficient (Wildman–Crippen LogP) is 3.19. The van der Waals surface area contributed by atoms with Gasteiger partial charge in [-0.15, -0.1) is 0 Å². The van der Waals surface area contributed by atoms with E-state index in [0.717, 1.165) is 38.5 Å². The van der Waals surface area contributed by atoms with Crippen molar-refractivity contribution >= 4 is 20.8 Å². The maximum Gasteiger partial charge on any atom is 0.218 e. The fourth-order valence-electron chi connectivity index (χ4n) is 9.01. The number of hydrogen-bond donors (Lipinski definition) is 2. The summed E-state index contributed by atoms with van der Waals surface area (Å²) >= 11 is 0. The van der Waals surface area contributed by atoms with Crippen LogP contribution in [0.2, 0.25) is 0 Å². The minimum atomic E-state index is -5.10. The molecule has 0 heterocycles. The molecule has 0 aromatic heterocycles. The molecular weight excluding hydrogens is 548 g/mol. The molecule has 0 saturated heterocycles. The monoisotopic (exact) mass is 590 g/mol. The standard InChI is InChI=1S/C27H44O10S2/c1-16(2)6-5-7-17(15-36-38(30,31)32)19-10-11-20-18-8-9-22-24(29)25(37-39(33,34)35)23(28)14-27(22,4)21(18)12-13-26(19,20)3/h6,9,17-21,23-25,28-29H,5,7-8,10-15H2,1-4H3,(H,30,31,32)(H,33,34,35)/p-2/t17-,18-,19+,20-,21-,23+,24+,25+,26+,27+/m0/s1. The van der Waals surface area contributed by atoms with Crippen molar-refractivity contribution in [2.75, 3.05) is 6.61 Å². The number of allylic oxidation sites excluding steroid dienone is 3. The highest BCUT2D eigenvalue weighted by Gasteiger charge is 2.61. The Morgan fingerprint density at radius 2 is 1.79 bits per heavy atom. The van der Waals surface area contributed by atoms with Gasteiger partial charge in [-0.3, -0.25) is 8.37 Å². The third-order valence-electron chi connectivity index (χ3n) is 10.6. The molecule has 0 aliphatic heterocycles. The fourth-order valence-corrected chi connectivity index (χ4v) is 9.86. The fraction of sp³-hybridized carbons (Fsp3) is 0.852. The minimum absolute atomic E-state index is 0.0774. The lowest BCUT2D eigenvalue weighted by molar-refractivity contribution is -0.119. The van der Waals surface area contributed by atoms with E-state index >= 15 is 0 Å². The van der Waals surface area contributed by atoms with Crippen LogP contribution in [0.15, 0.2) is 23.3 Å². The van der Waals surface area contributed by atoms with Crippen molar-refractivity contribution in [3.8, 4) is 0 Å². The average molecular weight is 591 g/mol. The largest absolute Gasteiger partial charge is 0.726 e. The first-order valence-electron chi connectivity index (χ1n) is 13.9. The van der Waals surface area contributed by atoms with E-state index < -0.39 is 44.5 Å². The molecule has 4 rings (SSSR count). The molecule has 224 valence electrons. The van der Waals surface area contributed by atoms with E-state index in [1.165, 1.54) is 5.57 Å². The van der Waals surface area contributed by atoms with Crippen molar-refractivity contribution < 1.29 is 44.5 Å². The lowest BCUT2D eigenvalue weighted by Gasteiger charge is -2.59. The van der Waals surface area contributed by atoms with E-state index in [0.29, 0.717) is 17.9 Å². The summed E-state index contributed by atoms with van der Waals surface area (Å²) in [5.74, 6) is 0.856. The zero-order valence-electron chi connectivity index (χ0n) is 23.1. The van der Waals surface area contributed by atoms with Gasteiger partial charge >= 0.3 is 0 Å². The summed E-state index contributed by atoms with van der Waals surface area (Å²) in [6, 6.07) is 0. The second-order valence-corrected chi connectivity index (χ2v) is 15.0. The normalized spacial score (nSPS) is 41.1. The van der Waals surface area contributed by atoms with E-state index in [2.05, 4.69) is 17.2 Å². The molecule has 0 spiro atoms. The van der Waals surface area contributed by atoms with Crippen molar-refractivity contribution in [2.45, 2.75) is 97.4 Å². The SMILES string of the molecule is CC(C)=CCC[C@@H](COS(=O)(=O)[O-])[C@H]1CC[C@H]2[C@@H]3CC=C4[C@@H](O)[C@H](OS(=O)(=O)[O-])[C@H](O)C[C@]4(C)[C@H]3CC[C@]12C. The quantitative estimate of drug-likeness (QED) is 0.231. The Balaban J connectivity index is 1.58. The summed E-state index contributed by atoms with van der Waals surface area (Å²) in [5, 5.41) is 21.8. The van der Waals surface area contributed by atoms with Gasteiger partial charge in [-0.1, -0.05) is 31.6 Å². The van der Waals surface area contributed by atoms with Crippen LogP contribution in [-0.4, -0.2) is 61.1 Å². The second-order valence-electron chi connectivity index (χ2n) is 12.9. The maximum absolute atomic E-state index is 11.3. The van der Waals surface area contributed by atoms with Gasteiger partial charge in [0.05, 0.1) is 12.7 Å². The van der Waals surface area contributed by atoms with Crippen LogP contribution < -0.4 is 0 Å². The molecule has 0 aromatic rings. The minimum Gasteiger partial charge on any atom is -0.726 e. The first-order chi connectivity index (χ1) is 18.0. The smallest absolute Gasteiger partial charge is 0.218 e. The van der Waals surface area contributed by atoms with Crippen LogP contribution in [0.4, 0.5) is 0 Å². The second kappa shape index (κ2) is 11.1. The van der Waals surface area contributed by atoms with Crippen LogP contribution in [0.25, 0.3) is 0 Å². The Bertz CT molecular complexity index is 1190. The molecule has 0 unspecified atom stereocenters. The Kier molecular flexibility index (Phi) is 8.84. The highest BCUT2D eigenvalue weighted by molar-refractivity contribution is 7.81. The molecule has 10 nitrogen and oxygen atoms in total. The summed E-state index contributed by atoms with van der Waals surface area (Å²) in [6.45, 7) is 8.20. The van der Waals surface area contributed by atoms with Crippen LogP contribution in [0.1, 0.15) is 79.1 Å². The molecule has 0 amide bonds. The van der Waals surface area contributed by atoms with Gasteiger partial charge in [0, 0.05) is 0 Å². The zero-order chi connectivity index (χ0) is 29.0. The van der Waals surface area contributed by atoms with Gasteiger partial charge in [0.2, 0.25) is 20.8 Å². The maximum atomic E-state index is 11.3. The van der Waals surface area contributed by atoms with Crippen LogP contribution in [0.5, 0.6) is 0 Å². The molecular formula is C27H42O10S2-2. The zero-order valence-corrected chi connectivity index (χ0v) is 24.7. The third-order valence-corrected chi connectivity index (χ3v) is 11.4. The van der Waals surface area contributed by atoms with Gasteiger partial charge in [0.25, 0.3) is 0 Å². The molecule has 12 heteroatoms. The van der Waals surface area contributed by atoms with Gasteiger partial charge < -0.3 is 19.3 Å². The predicted molar refractivity (Wildman–Crippen MR) is 140 cm³/mol. The van der Waals surface area contributed by atoms with Crippen LogP contribution in [-0.2, 0) is 29.2 Å². The van der Waals surface area contributed by atoms with Gasteiger partial charge in [0.1, 0.15) is 12.2 Å². The first kappa shape index (κ1) is 31.1. The molecule has 0 bridgehead atoms. The summed E-state index contributed by atoms with van der Waals surface area (Å²) in [4.78, 5) is 0. The van der Waals surface area contributed by atoms with Gasteiger partial charge in [0.15, 0.2) is 0 Å². The molecule has 4 aliphatic rings. The van der Waals surface area contributed by atoms with E-state index in [-0.39, 0.29) is 42.1 Å². The highest BCUT2D eigenvalue weighted by Crippen LogP contribution is 2.67. The lowest BCUT2D eigenvalue weighted by Crippen LogP contribution is -2.58. The van der Waals surface area contributed by atoms with Crippen molar-refractivity contribution in [1.82, 2.24) is 0 Å². The summed E-state index contributed by atoms with van der Waals surface area (Å²) < 4.78 is 76.9. The number of aliphatic hydroxyl groups excluding tert-OH is 2. The van der Waals surface area contributed by atoms with E-state index in [9.17, 15) is 36.2 Å². The molecule has 0 radical (unpaired) electrons. The first-order valence-corrected chi connectivity index (χ1v) is 16.6. The Morgan fingerprint density at radius 1 is 1.10 bits per heavy atom. The Labute approximate surface area is 232 Å². The lowest BCUT2D eigenvalue weighted by atomic mass is 9.46. The van der Waals surface area contributed by atoms with Gasteiger partial charge in [-0.2, -0.15) is 0 Å². The van der Waals surface area contributed by atoms with Crippen LogP contribution in [0.3, 0.4) is 0 Å². The molecule has 4 aliphatic carbocycles. The highest BCUT2D eigenvalue weighted by atomic mass is 32.3. The number of aliphatic hydroxyl groups is 2. The van der Waals surface area contributed by atoms with Crippen molar-refractivity contribution in [2.24, 2.45) is 40.4 Å². The Morgan fingerprint density at radius 3 is 2.41 bits per heavy atom. The number of fused-ring (bicyclic) bond motifs is 5. The topological polar surface area (TPSA) is 173 Å². The van der Waals surface area contributed by atoms with Crippen molar-refractivity contribution in [1.29, 1.82) is 0 Å². The molecule has 3 saturated carbocycles. The van der Waals surface area contributed by atoms with E-state index in [1.54, 1.807) is 0 Å². The third kappa shape index (κ3) is 6.33. The molecule has 2 N–H and O–H groups in total. The number of rotatable bonds is 9.